The van der Waals surface area contributed by atoms with Crippen molar-refractivity contribution in [3.8, 4) is 0 Å². The van der Waals surface area contributed by atoms with E-state index < -0.39 is 5.97 Å². The number of rotatable bonds is 4. The van der Waals surface area contributed by atoms with Crippen LogP contribution < -0.4 is 5.32 Å². The molecule has 0 aliphatic carbocycles. The van der Waals surface area contributed by atoms with Crippen LogP contribution >= 0.6 is 11.8 Å². The Kier molecular flexibility index (Phi) is 4.94. The van der Waals surface area contributed by atoms with Gasteiger partial charge in [0, 0.05) is 18.1 Å². The van der Waals surface area contributed by atoms with Crippen LogP contribution in [0, 0.1) is 6.92 Å². The number of urea groups is 1. The minimum absolute atomic E-state index is 0.0136. The molecule has 110 valence electrons. The van der Waals surface area contributed by atoms with Gasteiger partial charge in [-0.3, -0.25) is 4.79 Å². The molecule has 1 aliphatic heterocycles. The molecule has 2 amide bonds. The van der Waals surface area contributed by atoms with E-state index in [-0.39, 0.29) is 18.5 Å². The molecule has 6 nitrogen and oxygen atoms in total. The molecule has 0 radical (unpaired) electrons. The zero-order valence-corrected chi connectivity index (χ0v) is 12.1. The lowest BCUT2D eigenvalue weighted by atomic mass is 10.2. The molecule has 1 unspecified atom stereocenters. The number of thioether (sulfide) groups is 1. The maximum Gasteiger partial charge on any atom is 0.318 e. The third kappa shape index (κ3) is 3.93. The molecule has 1 fully saturated rings. The third-order valence-electron chi connectivity index (χ3n) is 3.11. The molecule has 1 aromatic rings. The number of carbonyl (C=O) groups excluding carboxylic acids is 1. The fraction of sp³-hybridized carbons (Fsp3) is 0.538. The summed E-state index contributed by atoms with van der Waals surface area (Å²) in [6.45, 7) is 2.73. The molecule has 2 N–H and O–H groups in total. The van der Waals surface area contributed by atoms with E-state index in [4.69, 9.17) is 9.52 Å². The highest BCUT2D eigenvalue weighted by Gasteiger charge is 2.28. The molecule has 1 aromatic heterocycles. The number of nitrogens with one attached hydrogen (secondary N) is 1. The van der Waals surface area contributed by atoms with Crippen LogP contribution in [0.15, 0.2) is 16.5 Å². The minimum Gasteiger partial charge on any atom is -0.481 e. The van der Waals surface area contributed by atoms with Crippen molar-refractivity contribution in [2.75, 3.05) is 18.1 Å². The van der Waals surface area contributed by atoms with E-state index in [0.29, 0.717) is 24.6 Å². The normalized spacial score (nSPS) is 18.9. The Morgan fingerprint density at radius 2 is 2.35 bits per heavy atom. The second-order valence-corrected chi connectivity index (χ2v) is 5.84. The Hall–Kier alpha value is -1.63. The Morgan fingerprint density at radius 3 is 3.00 bits per heavy atom. The summed E-state index contributed by atoms with van der Waals surface area (Å²) in [5.41, 5.74) is 0. The van der Waals surface area contributed by atoms with Crippen molar-refractivity contribution >= 4 is 23.8 Å². The van der Waals surface area contributed by atoms with Gasteiger partial charge in [0.15, 0.2) is 0 Å². The summed E-state index contributed by atoms with van der Waals surface area (Å²) in [4.78, 5) is 24.6. The van der Waals surface area contributed by atoms with Gasteiger partial charge in [0.2, 0.25) is 0 Å². The lowest BCUT2D eigenvalue weighted by Crippen LogP contribution is -2.51. The monoisotopic (exact) mass is 298 g/mol. The van der Waals surface area contributed by atoms with E-state index in [1.807, 2.05) is 19.1 Å². The van der Waals surface area contributed by atoms with Crippen molar-refractivity contribution in [3.05, 3.63) is 23.7 Å². The summed E-state index contributed by atoms with van der Waals surface area (Å²) >= 11 is 1.68. The molecule has 2 heterocycles. The predicted molar refractivity (Wildman–Crippen MR) is 75.8 cm³/mol. The first kappa shape index (κ1) is 14.8. The molecule has 0 bridgehead atoms. The first-order chi connectivity index (χ1) is 9.56. The van der Waals surface area contributed by atoms with Gasteiger partial charge in [-0.25, -0.2) is 4.79 Å². The van der Waals surface area contributed by atoms with Gasteiger partial charge in [-0.05, 0) is 19.1 Å². The third-order valence-corrected chi connectivity index (χ3v) is 4.20. The van der Waals surface area contributed by atoms with Crippen LogP contribution in [0.4, 0.5) is 4.79 Å². The van der Waals surface area contributed by atoms with Crippen LogP contribution in [-0.2, 0) is 11.3 Å². The topological polar surface area (TPSA) is 82.8 Å². The van der Waals surface area contributed by atoms with Gasteiger partial charge >= 0.3 is 12.0 Å². The van der Waals surface area contributed by atoms with E-state index in [1.54, 1.807) is 16.7 Å². The molecule has 2 rings (SSSR count). The molecular weight excluding hydrogens is 280 g/mol. The lowest BCUT2D eigenvalue weighted by Gasteiger charge is -2.34. The number of hydrogen-bond donors (Lipinski definition) is 2. The zero-order chi connectivity index (χ0) is 14.5. The highest BCUT2D eigenvalue weighted by molar-refractivity contribution is 7.99. The van der Waals surface area contributed by atoms with Crippen molar-refractivity contribution in [3.63, 3.8) is 0 Å². The van der Waals surface area contributed by atoms with Gasteiger partial charge in [0.05, 0.1) is 19.0 Å². The Labute approximate surface area is 121 Å². The van der Waals surface area contributed by atoms with E-state index in [9.17, 15) is 9.59 Å². The summed E-state index contributed by atoms with van der Waals surface area (Å²) in [5, 5.41) is 11.7. The van der Waals surface area contributed by atoms with E-state index >= 15 is 0 Å². The van der Waals surface area contributed by atoms with E-state index in [2.05, 4.69) is 5.32 Å². The number of nitrogens with zero attached hydrogens (tertiary/aromatic N) is 1. The van der Waals surface area contributed by atoms with Crippen molar-refractivity contribution in [1.29, 1.82) is 0 Å². The number of aryl methyl sites for hydroxylation is 1. The van der Waals surface area contributed by atoms with Crippen molar-refractivity contribution in [2.24, 2.45) is 0 Å². The van der Waals surface area contributed by atoms with Gasteiger partial charge in [-0.1, -0.05) is 0 Å². The lowest BCUT2D eigenvalue weighted by molar-refractivity contribution is -0.138. The number of amides is 2. The zero-order valence-electron chi connectivity index (χ0n) is 11.3. The number of aliphatic carboxylic acids is 1. The van der Waals surface area contributed by atoms with Crippen molar-refractivity contribution in [1.82, 2.24) is 10.2 Å². The maximum atomic E-state index is 12.1. The summed E-state index contributed by atoms with van der Waals surface area (Å²) in [6.07, 6.45) is -0.0136. The number of furan rings is 1. The number of carboxylic acid groups (broad SMARTS) is 1. The summed E-state index contributed by atoms with van der Waals surface area (Å²) < 4.78 is 5.38. The number of carbonyl (C=O) groups is 2. The minimum atomic E-state index is -0.878. The van der Waals surface area contributed by atoms with E-state index in [0.717, 1.165) is 11.5 Å². The first-order valence-electron chi connectivity index (χ1n) is 6.45. The van der Waals surface area contributed by atoms with Crippen molar-refractivity contribution in [2.45, 2.75) is 25.9 Å². The molecule has 1 aliphatic rings. The smallest absolute Gasteiger partial charge is 0.318 e. The molecule has 20 heavy (non-hydrogen) atoms. The second kappa shape index (κ2) is 6.69. The molecular formula is C13H18N2O4S. The van der Waals surface area contributed by atoms with Gasteiger partial charge in [-0.15, -0.1) is 0 Å². The maximum absolute atomic E-state index is 12.1. The molecule has 0 saturated carbocycles. The largest absolute Gasteiger partial charge is 0.481 e. The average Bonchev–Trinajstić information content (AvgIpc) is 2.82. The fourth-order valence-electron chi connectivity index (χ4n) is 2.14. The van der Waals surface area contributed by atoms with Gasteiger partial charge < -0.3 is 19.7 Å². The molecule has 7 heteroatoms. The Balaban J connectivity index is 1.90. The highest BCUT2D eigenvalue weighted by atomic mass is 32.2. The Morgan fingerprint density at radius 1 is 1.55 bits per heavy atom. The molecule has 0 spiro atoms. The first-order valence-corrected chi connectivity index (χ1v) is 7.61. The second-order valence-electron chi connectivity index (χ2n) is 4.69. The van der Waals surface area contributed by atoms with Gasteiger partial charge in [0.1, 0.15) is 11.5 Å². The molecule has 1 saturated heterocycles. The molecule has 1 atom stereocenters. The summed E-state index contributed by atoms with van der Waals surface area (Å²) in [6, 6.07) is 3.18. The highest BCUT2D eigenvalue weighted by Crippen LogP contribution is 2.19. The van der Waals surface area contributed by atoms with Crippen LogP contribution in [0.1, 0.15) is 17.9 Å². The van der Waals surface area contributed by atoms with E-state index in [1.165, 1.54) is 0 Å². The predicted octanol–water partition coefficient (Wildman–Crippen LogP) is 1.69. The SMILES string of the molecule is Cc1ccc(CNC(=O)N2CCSCC2CC(=O)O)o1. The quantitative estimate of drug-likeness (QED) is 0.884. The van der Waals surface area contributed by atoms with Crippen LogP contribution in [-0.4, -0.2) is 46.1 Å². The number of hydrogen-bond acceptors (Lipinski definition) is 4. The standard InChI is InChI=1S/C13H18N2O4S/c1-9-2-3-11(19-9)7-14-13(18)15-4-5-20-8-10(15)6-12(16)17/h2-3,10H,4-8H2,1H3,(H,14,18)(H,16,17). The van der Waals surface area contributed by atoms with Gasteiger partial charge in [0.25, 0.3) is 0 Å². The molecule has 0 aromatic carbocycles. The summed E-state index contributed by atoms with van der Waals surface area (Å²) in [5.74, 6) is 2.12. The van der Waals surface area contributed by atoms with Crippen LogP contribution in [0.3, 0.4) is 0 Å². The van der Waals surface area contributed by atoms with Crippen molar-refractivity contribution < 1.29 is 19.1 Å². The Bertz CT molecular complexity index is 488. The average molecular weight is 298 g/mol. The summed E-state index contributed by atoms with van der Waals surface area (Å²) in [7, 11) is 0. The van der Waals surface area contributed by atoms with Crippen LogP contribution in [0.2, 0.25) is 0 Å². The number of carboxylic acids is 1. The fourth-order valence-corrected chi connectivity index (χ4v) is 3.20. The van der Waals surface area contributed by atoms with Gasteiger partial charge in [-0.2, -0.15) is 11.8 Å². The van der Waals surface area contributed by atoms with Crippen LogP contribution in [0.25, 0.3) is 0 Å². The van der Waals surface area contributed by atoms with Crippen LogP contribution in [0.5, 0.6) is 0 Å².